The molecular formula is C27H34O4S4. The first-order valence-electron chi connectivity index (χ1n) is 11.1. The van der Waals surface area contributed by atoms with Gasteiger partial charge in [0.2, 0.25) is 0 Å². The van der Waals surface area contributed by atoms with Crippen LogP contribution in [0.4, 0.5) is 0 Å². The number of hydrogen-bond acceptors (Lipinski definition) is 8. The molecule has 8 heteroatoms. The van der Waals surface area contributed by atoms with E-state index in [4.69, 9.17) is 0 Å². The fourth-order valence-electron chi connectivity index (χ4n) is 3.62. The average molecular weight is 551 g/mol. The molecule has 2 aromatic carbocycles. The largest absolute Gasteiger partial charge is 0.388 e. The fraction of sp³-hybridized carbons (Fsp3) is 0.444. The molecule has 2 heterocycles. The Morgan fingerprint density at radius 2 is 1.11 bits per heavy atom. The van der Waals surface area contributed by atoms with Gasteiger partial charge in [-0.3, -0.25) is 14.4 Å². The van der Waals surface area contributed by atoms with E-state index in [0.717, 1.165) is 44.3 Å². The first kappa shape index (κ1) is 30.0. The number of thioether (sulfide) groups is 4. The first-order chi connectivity index (χ1) is 16.4. The summed E-state index contributed by atoms with van der Waals surface area (Å²) >= 11 is 7.41. The lowest BCUT2D eigenvalue weighted by Gasteiger charge is -2.26. The Morgan fingerprint density at radius 1 is 0.714 bits per heavy atom. The smallest absolute Gasteiger partial charge is 0.167 e. The number of hydrogen-bond donors (Lipinski definition) is 1. The van der Waals surface area contributed by atoms with E-state index in [0.29, 0.717) is 17.0 Å². The third-order valence-corrected chi connectivity index (χ3v) is 11.0. The summed E-state index contributed by atoms with van der Waals surface area (Å²) in [6.45, 7) is 3.09. The SMILES string of the molecule is C.CC(=O)c1ccc(C(=O)C2CSCSC2)cc1.CC(=O)c1ccc(C(O)C2CSCSC2)cc1. The Bertz CT molecular complexity index is 964. The number of carbonyl (C=O) groups is 3. The van der Waals surface area contributed by atoms with Crippen molar-refractivity contribution in [3.8, 4) is 0 Å². The summed E-state index contributed by atoms with van der Waals surface area (Å²) in [4.78, 5) is 34.5. The second-order valence-corrected chi connectivity index (χ2v) is 13.1. The maximum absolute atomic E-state index is 12.2. The summed E-state index contributed by atoms with van der Waals surface area (Å²) in [6, 6.07) is 14.3. The van der Waals surface area contributed by atoms with Crippen molar-refractivity contribution >= 4 is 64.4 Å². The third kappa shape index (κ3) is 9.01. The quantitative estimate of drug-likeness (QED) is 0.397. The Hall–Kier alpha value is -1.19. The number of Topliss-reactive ketones (excluding diaryl/α,β-unsaturated/α-hetero) is 3. The molecule has 2 saturated heterocycles. The molecule has 4 rings (SSSR count). The Labute approximate surface area is 226 Å². The van der Waals surface area contributed by atoms with Gasteiger partial charge in [0.25, 0.3) is 0 Å². The predicted molar refractivity (Wildman–Crippen MR) is 155 cm³/mol. The van der Waals surface area contributed by atoms with Crippen LogP contribution in [0.3, 0.4) is 0 Å². The molecule has 1 atom stereocenters. The van der Waals surface area contributed by atoms with Crippen LogP contribution in [0, 0.1) is 11.8 Å². The third-order valence-electron chi connectivity index (χ3n) is 5.69. The number of aliphatic hydroxyl groups is 1. The van der Waals surface area contributed by atoms with Gasteiger partial charge in [0.15, 0.2) is 17.3 Å². The number of carbonyl (C=O) groups excluding carboxylic acids is 3. The lowest BCUT2D eigenvalue weighted by molar-refractivity contribution is 0.0941. The van der Waals surface area contributed by atoms with Gasteiger partial charge < -0.3 is 5.11 Å². The molecule has 0 spiro atoms. The van der Waals surface area contributed by atoms with Crippen LogP contribution in [0.25, 0.3) is 0 Å². The van der Waals surface area contributed by atoms with E-state index in [2.05, 4.69) is 0 Å². The molecule has 0 aliphatic carbocycles. The van der Waals surface area contributed by atoms with Crippen molar-refractivity contribution in [2.45, 2.75) is 27.4 Å². The van der Waals surface area contributed by atoms with Crippen LogP contribution in [0.15, 0.2) is 48.5 Å². The molecule has 1 unspecified atom stereocenters. The first-order valence-corrected chi connectivity index (χ1v) is 15.7. The molecule has 190 valence electrons. The predicted octanol–water partition coefficient (Wildman–Crippen LogP) is 6.74. The van der Waals surface area contributed by atoms with E-state index in [1.54, 1.807) is 43.3 Å². The lowest BCUT2D eigenvalue weighted by atomic mass is 9.97. The number of rotatable bonds is 6. The second kappa shape index (κ2) is 15.2. The van der Waals surface area contributed by atoms with Gasteiger partial charge in [0.05, 0.1) is 6.10 Å². The van der Waals surface area contributed by atoms with Crippen molar-refractivity contribution in [2.24, 2.45) is 11.8 Å². The molecule has 1 N–H and O–H groups in total. The highest BCUT2D eigenvalue weighted by Gasteiger charge is 2.24. The van der Waals surface area contributed by atoms with Gasteiger partial charge in [-0.05, 0) is 19.4 Å². The monoisotopic (exact) mass is 550 g/mol. The van der Waals surface area contributed by atoms with E-state index >= 15 is 0 Å². The molecule has 4 nitrogen and oxygen atoms in total. The van der Waals surface area contributed by atoms with Crippen LogP contribution in [0.5, 0.6) is 0 Å². The molecule has 2 fully saturated rings. The number of aliphatic hydroxyl groups excluding tert-OH is 1. The van der Waals surface area contributed by atoms with Gasteiger partial charge in [-0.25, -0.2) is 0 Å². The molecule has 35 heavy (non-hydrogen) atoms. The number of benzene rings is 2. The van der Waals surface area contributed by atoms with E-state index in [1.165, 1.54) is 6.92 Å². The van der Waals surface area contributed by atoms with Crippen molar-refractivity contribution < 1.29 is 19.5 Å². The Morgan fingerprint density at radius 3 is 1.57 bits per heavy atom. The van der Waals surface area contributed by atoms with Crippen LogP contribution >= 0.6 is 47.0 Å². The topological polar surface area (TPSA) is 71.4 Å². The van der Waals surface area contributed by atoms with Crippen molar-refractivity contribution in [1.29, 1.82) is 0 Å². The van der Waals surface area contributed by atoms with E-state index in [-0.39, 0.29) is 30.7 Å². The van der Waals surface area contributed by atoms with E-state index < -0.39 is 6.10 Å². The zero-order valence-electron chi connectivity index (χ0n) is 19.4. The van der Waals surface area contributed by atoms with Crippen LogP contribution in [0.1, 0.15) is 64.0 Å². The fourth-order valence-corrected chi connectivity index (χ4v) is 8.71. The van der Waals surface area contributed by atoms with E-state index in [9.17, 15) is 19.5 Å². The van der Waals surface area contributed by atoms with Crippen molar-refractivity contribution in [3.05, 3.63) is 70.8 Å². The highest BCUT2D eigenvalue weighted by atomic mass is 32.2. The average Bonchev–Trinajstić information content (AvgIpc) is 2.89. The van der Waals surface area contributed by atoms with Gasteiger partial charge in [-0.15, -0.1) is 0 Å². The van der Waals surface area contributed by atoms with Gasteiger partial charge in [-0.1, -0.05) is 56.0 Å². The van der Waals surface area contributed by atoms with Crippen LogP contribution < -0.4 is 0 Å². The molecule has 2 aromatic rings. The van der Waals surface area contributed by atoms with Gasteiger partial charge >= 0.3 is 0 Å². The van der Waals surface area contributed by atoms with Crippen LogP contribution in [-0.2, 0) is 0 Å². The summed E-state index contributed by atoms with van der Waals surface area (Å²) in [6.07, 6.45) is -0.406. The Balaban J connectivity index is 0.000000240. The van der Waals surface area contributed by atoms with Gasteiger partial charge in [-0.2, -0.15) is 47.0 Å². The van der Waals surface area contributed by atoms with Gasteiger partial charge in [0.1, 0.15) is 0 Å². The van der Waals surface area contributed by atoms with Crippen LogP contribution in [-0.4, -0.2) is 55.6 Å². The van der Waals surface area contributed by atoms with Crippen molar-refractivity contribution in [2.75, 3.05) is 33.2 Å². The molecule has 0 aromatic heterocycles. The van der Waals surface area contributed by atoms with Crippen molar-refractivity contribution in [1.82, 2.24) is 0 Å². The molecule has 0 bridgehead atoms. The summed E-state index contributed by atoms with van der Waals surface area (Å²) in [7, 11) is 0. The summed E-state index contributed by atoms with van der Waals surface area (Å²) in [5.41, 5.74) is 3.01. The Kier molecular flexibility index (Phi) is 13.0. The minimum absolute atomic E-state index is 0. The molecule has 0 saturated carbocycles. The highest BCUT2D eigenvalue weighted by molar-refractivity contribution is 8.16. The molecule has 0 radical (unpaired) electrons. The zero-order valence-corrected chi connectivity index (χ0v) is 22.7. The van der Waals surface area contributed by atoms with Crippen LogP contribution in [0.2, 0.25) is 0 Å². The normalized spacial score (nSPS) is 17.3. The molecular weight excluding hydrogens is 517 g/mol. The molecule has 0 amide bonds. The molecule has 2 aliphatic rings. The zero-order chi connectivity index (χ0) is 24.5. The summed E-state index contributed by atoms with van der Waals surface area (Å²) in [5, 5.41) is 12.5. The lowest BCUT2D eigenvalue weighted by Crippen LogP contribution is -2.22. The molecule has 2 aliphatic heterocycles. The van der Waals surface area contributed by atoms with Gasteiger partial charge in [0, 0.05) is 61.7 Å². The second-order valence-electron chi connectivity index (χ2n) is 8.30. The minimum atomic E-state index is -0.406. The summed E-state index contributed by atoms with van der Waals surface area (Å²) < 4.78 is 0. The maximum Gasteiger partial charge on any atom is 0.167 e. The maximum atomic E-state index is 12.2. The van der Waals surface area contributed by atoms with Crippen molar-refractivity contribution in [3.63, 3.8) is 0 Å². The summed E-state index contributed by atoms with van der Waals surface area (Å²) in [5.74, 6) is 4.62. The number of ketones is 3. The highest BCUT2D eigenvalue weighted by Crippen LogP contribution is 2.34. The standard InChI is InChI=1S/C13H16O2S2.C13H14O2S2.CH4/c2*1-9(14)10-2-4-11(5-3-10)13(15)12-6-16-8-17-7-12;/h2-5,12-13,15H,6-8H2,1H3;2-5,12H,6-8H2,1H3;1H4. The van der Waals surface area contributed by atoms with E-state index in [1.807, 2.05) is 59.2 Å². The minimum Gasteiger partial charge on any atom is -0.388 e.